The Morgan fingerprint density at radius 1 is 1.25 bits per heavy atom. The van der Waals surface area contributed by atoms with Crippen molar-refractivity contribution in [1.29, 1.82) is 0 Å². The lowest BCUT2D eigenvalue weighted by Gasteiger charge is -2.08. The number of hydrogen-bond donors (Lipinski definition) is 0. The normalized spacial score (nSPS) is 13.8. The molecule has 0 aliphatic carbocycles. The second-order valence-corrected chi connectivity index (χ2v) is 4.15. The molecule has 0 unspecified atom stereocenters. The van der Waals surface area contributed by atoms with E-state index in [0.717, 1.165) is 6.08 Å². The lowest BCUT2D eigenvalue weighted by molar-refractivity contribution is -0.109. The zero-order valence-corrected chi connectivity index (χ0v) is 11.8. The van der Waals surface area contributed by atoms with Crippen LogP contribution in [0.5, 0.6) is 0 Å². The van der Waals surface area contributed by atoms with Gasteiger partial charge >= 0.3 is 0 Å². The molecule has 0 saturated heterocycles. The molecule has 0 spiro atoms. The number of halogens is 2. The van der Waals surface area contributed by atoms with Crippen molar-refractivity contribution in [3.8, 4) is 0 Å². The van der Waals surface area contributed by atoms with Crippen LogP contribution in [0.2, 0.25) is 0 Å². The van der Waals surface area contributed by atoms with Gasteiger partial charge in [0.1, 0.15) is 0 Å². The van der Waals surface area contributed by atoms with Gasteiger partial charge in [0.2, 0.25) is 0 Å². The van der Waals surface area contributed by atoms with Crippen LogP contribution >= 0.6 is 11.6 Å². The maximum Gasteiger partial charge on any atom is 0.280 e. The number of hydrogen-bond acceptors (Lipinski definition) is 3. The first-order chi connectivity index (χ1) is 9.43. The quantitative estimate of drug-likeness (QED) is 0.479. The van der Waals surface area contributed by atoms with Gasteiger partial charge in [0.15, 0.2) is 5.83 Å². The van der Waals surface area contributed by atoms with Gasteiger partial charge in [-0.2, -0.15) is 0 Å². The summed E-state index contributed by atoms with van der Waals surface area (Å²) in [6.45, 7) is 3.63. The molecule has 1 aromatic carbocycles. The molecule has 20 heavy (non-hydrogen) atoms. The summed E-state index contributed by atoms with van der Waals surface area (Å²) in [5, 5.41) is -1.04. The fourth-order valence-corrected chi connectivity index (χ4v) is 1.75. The Labute approximate surface area is 120 Å². The average molecular weight is 298 g/mol. The largest absolute Gasteiger partial charge is 0.280 e. The first-order valence-electron chi connectivity index (χ1n) is 5.90. The summed E-state index contributed by atoms with van der Waals surface area (Å²) in [4.78, 5) is 34.0. The Balaban J connectivity index is 0.000000246. The third-order valence-electron chi connectivity index (χ3n) is 2.64. The first kappa shape index (κ1) is 16.0. The number of carbonyl (C=O) groups excluding carboxylic acids is 3. The molecule has 2 amide bonds. The molecule has 4 nitrogen and oxygen atoms in total. The fraction of sp³-hybridized carbons (Fsp3) is 0.214. The number of amides is 2. The van der Waals surface area contributed by atoms with Crippen LogP contribution in [0.25, 0.3) is 0 Å². The van der Waals surface area contributed by atoms with E-state index in [9.17, 15) is 18.8 Å². The molecule has 0 N–H and O–H groups in total. The minimum Gasteiger partial charge on any atom is -0.275 e. The van der Waals surface area contributed by atoms with E-state index >= 15 is 0 Å². The summed E-state index contributed by atoms with van der Waals surface area (Å²) >= 11 is 4.65. The van der Waals surface area contributed by atoms with Crippen LogP contribution in [-0.4, -0.2) is 28.5 Å². The summed E-state index contributed by atoms with van der Waals surface area (Å²) < 4.78 is 11.6. The highest BCUT2D eigenvalue weighted by molar-refractivity contribution is 6.67. The van der Waals surface area contributed by atoms with Crippen LogP contribution in [0.15, 0.2) is 36.2 Å². The molecule has 1 aliphatic heterocycles. The van der Waals surface area contributed by atoms with E-state index in [1.807, 2.05) is 0 Å². The van der Waals surface area contributed by atoms with Crippen LogP contribution < -0.4 is 0 Å². The van der Waals surface area contributed by atoms with Gasteiger partial charge in [0, 0.05) is 6.54 Å². The second kappa shape index (κ2) is 6.96. The summed E-state index contributed by atoms with van der Waals surface area (Å²) in [5.41, 5.74) is 1.05. The number of benzene rings is 1. The van der Waals surface area contributed by atoms with E-state index in [-0.39, 0.29) is 11.8 Å². The predicted molar refractivity (Wildman–Crippen MR) is 73.2 cm³/mol. The molecular weight excluding hydrogens is 285 g/mol. The average Bonchev–Trinajstić information content (AvgIpc) is 2.70. The van der Waals surface area contributed by atoms with Crippen LogP contribution in [0.1, 0.15) is 34.6 Å². The van der Waals surface area contributed by atoms with E-state index in [2.05, 4.69) is 11.6 Å². The first-order valence-corrected chi connectivity index (χ1v) is 6.28. The Hall–Kier alpha value is -2.01. The molecule has 0 radical (unpaired) electrons. The van der Waals surface area contributed by atoms with E-state index in [4.69, 9.17) is 0 Å². The Morgan fingerprint density at radius 3 is 1.95 bits per heavy atom. The number of rotatable bonds is 2. The van der Waals surface area contributed by atoms with Gasteiger partial charge < -0.3 is 0 Å². The van der Waals surface area contributed by atoms with Crippen molar-refractivity contribution in [1.82, 2.24) is 4.90 Å². The summed E-state index contributed by atoms with van der Waals surface area (Å²) in [6, 6.07) is 6.91. The van der Waals surface area contributed by atoms with Crippen molar-refractivity contribution in [2.24, 2.45) is 0 Å². The molecule has 6 heteroatoms. The molecule has 106 valence electrons. The molecule has 0 fully saturated rings. The number of imide groups is 1. The third kappa shape index (κ3) is 3.30. The molecule has 1 heterocycles. The van der Waals surface area contributed by atoms with Gasteiger partial charge in [-0.3, -0.25) is 19.3 Å². The minimum atomic E-state index is -1.04. The van der Waals surface area contributed by atoms with Crippen LogP contribution in [0, 0.1) is 0 Å². The van der Waals surface area contributed by atoms with Crippen molar-refractivity contribution >= 4 is 28.7 Å². The van der Waals surface area contributed by atoms with Crippen molar-refractivity contribution in [2.45, 2.75) is 13.8 Å². The van der Waals surface area contributed by atoms with Crippen LogP contribution in [0.3, 0.4) is 0 Å². The summed E-state index contributed by atoms with van der Waals surface area (Å²) in [5.74, 6) is -1.26. The van der Waals surface area contributed by atoms with Crippen LogP contribution in [0.4, 0.5) is 4.39 Å². The maximum atomic E-state index is 11.6. The monoisotopic (exact) mass is 297 g/mol. The number of allylic oxidation sites excluding steroid dienone is 2. The predicted octanol–water partition coefficient (Wildman–Crippen LogP) is 2.93. The number of fused-ring (bicyclic) bond motifs is 1. The van der Waals surface area contributed by atoms with Crippen molar-refractivity contribution in [3.63, 3.8) is 0 Å². The van der Waals surface area contributed by atoms with Gasteiger partial charge in [-0.15, -0.1) is 0 Å². The molecule has 1 aliphatic rings. The smallest absolute Gasteiger partial charge is 0.275 e. The zero-order valence-electron chi connectivity index (χ0n) is 11.0. The maximum absolute atomic E-state index is 11.6. The highest BCUT2D eigenvalue weighted by atomic mass is 35.5. The van der Waals surface area contributed by atoms with Crippen molar-refractivity contribution in [3.05, 3.63) is 47.3 Å². The second-order valence-electron chi connectivity index (χ2n) is 3.81. The minimum absolute atomic E-state index is 0.178. The van der Waals surface area contributed by atoms with Gasteiger partial charge in [-0.05, 0) is 43.7 Å². The summed E-state index contributed by atoms with van der Waals surface area (Å²) in [7, 11) is 0. The molecule has 2 rings (SSSR count). The van der Waals surface area contributed by atoms with E-state index in [0.29, 0.717) is 17.7 Å². The summed E-state index contributed by atoms with van der Waals surface area (Å²) in [6.07, 6.45) is 1.01. The lowest BCUT2D eigenvalue weighted by atomic mass is 10.1. The van der Waals surface area contributed by atoms with E-state index in [1.165, 1.54) is 11.8 Å². The molecule has 0 bridgehead atoms. The third-order valence-corrected chi connectivity index (χ3v) is 2.82. The highest BCUT2D eigenvalue weighted by Crippen LogP contribution is 2.21. The van der Waals surface area contributed by atoms with Crippen molar-refractivity contribution < 1.29 is 18.8 Å². The fourth-order valence-electron chi connectivity index (χ4n) is 1.64. The number of carbonyl (C=O) groups is 3. The Kier molecular flexibility index (Phi) is 5.58. The topological polar surface area (TPSA) is 54.5 Å². The Bertz CT molecular complexity index is 549. The van der Waals surface area contributed by atoms with Gasteiger partial charge in [-0.1, -0.05) is 12.1 Å². The lowest BCUT2D eigenvalue weighted by Crippen LogP contribution is -2.29. The van der Waals surface area contributed by atoms with E-state index in [1.54, 1.807) is 31.2 Å². The molecule has 1 aromatic rings. The number of nitrogens with zero attached hydrogens (tertiary/aromatic N) is 1. The molecule has 0 aromatic heterocycles. The molecule has 0 atom stereocenters. The molecule has 0 saturated carbocycles. The zero-order chi connectivity index (χ0) is 15.3. The van der Waals surface area contributed by atoms with Gasteiger partial charge in [0.25, 0.3) is 17.1 Å². The SMILES string of the molecule is C/C=C(\F)C(=O)Cl.CCN1C(=O)c2ccccc2C1=O. The van der Waals surface area contributed by atoms with Crippen LogP contribution in [-0.2, 0) is 4.79 Å². The van der Waals surface area contributed by atoms with Crippen molar-refractivity contribution in [2.75, 3.05) is 6.54 Å². The van der Waals surface area contributed by atoms with Gasteiger partial charge in [0.05, 0.1) is 11.1 Å². The van der Waals surface area contributed by atoms with Gasteiger partial charge in [-0.25, -0.2) is 4.39 Å². The Morgan fingerprint density at radius 2 is 1.70 bits per heavy atom. The highest BCUT2D eigenvalue weighted by Gasteiger charge is 2.33. The molecular formula is C14H13ClFNO3. The standard InChI is InChI=1S/C10H9NO2.C4H4ClFO/c1-2-11-9(12)7-5-3-4-6-8(7)10(11)13;1-2-3(6)4(5)7/h3-6H,2H2,1H3;2H,1H3/b;3-2-. The van der Waals surface area contributed by atoms with E-state index < -0.39 is 11.1 Å².